The minimum absolute atomic E-state index is 0.121. The number of fused-ring (bicyclic) bond motifs is 9. The summed E-state index contributed by atoms with van der Waals surface area (Å²) in [5.74, 6) is 0. The number of hydrogen-bond donors (Lipinski definition) is 0. The molecule has 1 aliphatic rings. The zero-order chi connectivity index (χ0) is 36.0. The van der Waals surface area contributed by atoms with Gasteiger partial charge in [-0.1, -0.05) is 135 Å². The molecule has 0 unspecified atom stereocenters. The molecule has 54 heavy (non-hydrogen) atoms. The minimum Gasteiger partial charge on any atom is -0.456 e. The van der Waals surface area contributed by atoms with Gasteiger partial charge in [0.1, 0.15) is 22.3 Å². The Balaban J connectivity index is 1.16. The maximum atomic E-state index is 6.90. The third kappa shape index (κ3) is 4.42. The average Bonchev–Trinajstić information content (AvgIpc) is 3.87. The highest BCUT2D eigenvalue weighted by Crippen LogP contribution is 2.55. The van der Waals surface area contributed by atoms with Gasteiger partial charge >= 0.3 is 0 Å². The lowest BCUT2D eigenvalue weighted by Crippen LogP contribution is -2.16. The molecule has 256 valence electrons. The Morgan fingerprint density at radius 2 is 1.04 bits per heavy atom. The summed E-state index contributed by atoms with van der Waals surface area (Å²) in [6.07, 6.45) is 0. The lowest BCUT2D eigenvalue weighted by Gasteiger charge is -2.29. The average molecular weight is 694 g/mol. The van der Waals surface area contributed by atoms with Crippen LogP contribution in [0.25, 0.3) is 77.3 Å². The van der Waals surface area contributed by atoms with Gasteiger partial charge in [-0.3, -0.25) is 0 Å². The van der Waals surface area contributed by atoms with Gasteiger partial charge in [0.2, 0.25) is 0 Å². The van der Waals surface area contributed by atoms with Crippen molar-refractivity contribution in [1.82, 2.24) is 0 Å². The van der Waals surface area contributed by atoms with Gasteiger partial charge in [0, 0.05) is 38.4 Å². The summed E-state index contributed by atoms with van der Waals surface area (Å²) >= 11 is 0. The van der Waals surface area contributed by atoms with E-state index in [1.165, 1.54) is 22.3 Å². The van der Waals surface area contributed by atoms with Crippen LogP contribution in [-0.4, -0.2) is 0 Å². The number of benzene rings is 8. The highest BCUT2D eigenvalue weighted by molar-refractivity contribution is 6.18. The Kier molecular flexibility index (Phi) is 6.60. The van der Waals surface area contributed by atoms with Gasteiger partial charge in [-0.2, -0.15) is 0 Å². The molecule has 0 amide bonds. The van der Waals surface area contributed by atoms with E-state index in [2.05, 4.69) is 183 Å². The summed E-state index contributed by atoms with van der Waals surface area (Å²) in [7, 11) is 0. The maximum absolute atomic E-state index is 6.90. The number of hydrogen-bond acceptors (Lipinski definition) is 3. The summed E-state index contributed by atoms with van der Waals surface area (Å²) in [4.78, 5) is 2.44. The van der Waals surface area contributed by atoms with Crippen LogP contribution in [0.2, 0.25) is 0 Å². The minimum atomic E-state index is -0.121. The van der Waals surface area contributed by atoms with Crippen LogP contribution in [0.4, 0.5) is 17.1 Å². The molecule has 0 atom stereocenters. The van der Waals surface area contributed by atoms with E-state index in [-0.39, 0.29) is 5.41 Å². The second kappa shape index (κ2) is 11.6. The highest BCUT2D eigenvalue weighted by Gasteiger charge is 2.38. The molecule has 3 nitrogen and oxygen atoms in total. The van der Waals surface area contributed by atoms with Crippen molar-refractivity contribution < 1.29 is 8.83 Å². The summed E-state index contributed by atoms with van der Waals surface area (Å²) in [6, 6.07) is 62.8. The lowest BCUT2D eigenvalue weighted by atomic mass is 9.82. The van der Waals surface area contributed by atoms with Crippen LogP contribution >= 0.6 is 0 Å². The fraction of sp³-hybridized carbons (Fsp3) is 0.0588. The van der Waals surface area contributed by atoms with Crippen molar-refractivity contribution in [3.05, 3.63) is 187 Å². The highest BCUT2D eigenvalue weighted by atomic mass is 16.3. The Morgan fingerprint density at radius 1 is 0.426 bits per heavy atom. The zero-order valence-electron chi connectivity index (χ0n) is 30.0. The summed E-state index contributed by atoms with van der Waals surface area (Å²) in [6.45, 7) is 4.68. The van der Waals surface area contributed by atoms with Gasteiger partial charge in [0.25, 0.3) is 0 Å². The Morgan fingerprint density at radius 3 is 1.87 bits per heavy atom. The molecular formula is C51H35NO2. The van der Waals surface area contributed by atoms with Gasteiger partial charge in [-0.05, 0) is 88.0 Å². The van der Waals surface area contributed by atoms with Crippen LogP contribution in [0.1, 0.15) is 25.0 Å². The summed E-state index contributed by atoms with van der Waals surface area (Å²) in [5, 5.41) is 4.43. The van der Waals surface area contributed by atoms with Gasteiger partial charge < -0.3 is 13.7 Å². The third-order valence-corrected chi connectivity index (χ3v) is 11.5. The van der Waals surface area contributed by atoms with Crippen molar-refractivity contribution in [1.29, 1.82) is 0 Å². The molecule has 0 spiro atoms. The molecule has 10 aromatic rings. The molecule has 0 N–H and O–H groups in total. The van der Waals surface area contributed by atoms with Gasteiger partial charge in [0.15, 0.2) is 0 Å². The fourth-order valence-electron chi connectivity index (χ4n) is 9.00. The maximum Gasteiger partial charge on any atom is 0.145 e. The van der Waals surface area contributed by atoms with E-state index < -0.39 is 0 Å². The molecule has 3 heteroatoms. The molecule has 2 heterocycles. The van der Waals surface area contributed by atoms with Crippen molar-refractivity contribution in [3.63, 3.8) is 0 Å². The van der Waals surface area contributed by atoms with E-state index >= 15 is 0 Å². The molecule has 11 rings (SSSR count). The van der Waals surface area contributed by atoms with Crippen LogP contribution in [0.15, 0.2) is 185 Å². The van der Waals surface area contributed by atoms with Gasteiger partial charge in [-0.25, -0.2) is 0 Å². The normalized spacial score (nSPS) is 13.1. The predicted octanol–water partition coefficient (Wildman–Crippen LogP) is 14.6. The predicted molar refractivity (Wildman–Crippen MR) is 224 cm³/mol. The molecular weight excluding hydrogens is 659 g/mol. The standard InChI is InChI=1S/C51H35NO2/c1-51(2)40-23-9-6-19-37(40)48-41(51)24-14-25-42(48)52(34-17-4-3-5-18-34)43-30-29-36(50-49(43)39-21-8-11-27-45(39)54-50)33-16-12-15-32(31-33)35-22-13-28-46-47(35)38-20-7-10-26-44(38)53-46/h3-31H,1-2H3. The molecule has 2 aromatic heterocycles. The number of para-hydroxylation sites is 3. The first kappa shape index (κ1) is 30.8. The lowest BCUT2D eigenvalue weighted by molar-refractivity contribution is 0.660. The number of furan rings is 2. The second-order valence-electron chi connectivity index (χ2n) is 14.8. The van der Waals surface area contributed by atoms with Crippen molar-refractivity contribution in [3.8, 4) is 33.4 Å². The zero-order valence-corrected chi connectivity index (χ0v) is 30.0. The van der Waals surface area contributed by atoms with Crippen LogP contribution in [0.3, 0.4) is 0 Å². The first-order valence-electron chi connectivity index (χ1n) is 18.6. The Bertz CT molecular complexity index is 3090. The topological polar surface area (TPSA) is 29.5 Å². The molecule has 8 aromatic carbocycles. The van der Waals surface area contributed by atoms with Crippen molar-refractivity contribution in [2.45, 2.75) is 19.3 Å². The van der Waals surface area contributed by atoms with E-state index in [1.807, 2.05) is 12.1 Å². The van der Waals surface area contributed by atoms with E-state index in [1.54, 1.807) is 0 Å². The van der Waals surface area contributed by atoms with Crippen molar-refractivity contribution in [2.24, 2.45) is 0 Å². The van der Waals surface area contributed by atoms with E-state index in [4.69, 9.17) is 8.83 Å². The molecule has 0 bridgehead atoms. The van der Waals surface area contributed by atoms with Crippen LogP contribution in [0.5, 0.6) is 0 Å². The largest absolute Gasteiger partial charge is 0.456 e. The molecule has 0 fully saturated rings. The Hall–Kier alpha value is -6.84. The van der Waals surface area contributed by atoms with Crippen LogP contribution in [-0.2, 0) is 5.41 Å². The molecule has 1 aliphatic carbocycles. The smallest absolute Gasteiger partial charge is 0.145 e. The van der Waals surface area contributed by atoms with E-state index in [9.17, 15) is 0 Å². The molecule has 0 aliphatic heterocycles. The quantitative estimate of drug-likeness (QED) is 0.180. The van der Waals surface area contributed by atoms with Gasteiger partial charge in [-0.15, -0.1) is 0 Å². The Labute approximate surface area is 313 Å². The van der Waals surface area contributed by atoms with Crippen molar-refractivity contribution in [2.75, 3.05) is 4.90 Å². The monoisotopic (exact) mass is 693 g/mol. The SMILES string of the molecule is CC1(C)c2ccccc2-c2c(N(c3ccccc3)c3ccc(-c4cccc(-c5cccc6oc7ccccc7c56)c4)c4oc5ccccc5c34)cccc21. The second-order valence-corrected chi connectivity index (χ2v) is 14.8. The summed E-state index contributed by atoms with van der Waals surface area (Å²) in [5.41, 5.74) is 16.4. The third-order valence-electron chi connectivity index (χ3n) is 11.5. The number of rotatable bonds is 5. The number of anilines is 3. The van der Waals surface area contributed by atoms with E-state index in [0.29, 0.717) is 0 Å². The molecule has 0 saturated carbocycles. The fourth-order valence-corrected chi connectivity index (χ4v) is 9.00. The molecule has 0 radical (unpaired) electrons. The first-order chi connectivity index (χ1) is 26.6. The van der Waals surface area contributed by atoms with Crippen LogP contribution < -0.4 is 4.90 Å². The number of nitrogens with zero attached hydrogens (tertiary/aromatic N) is 1. The summed E-state index contributed by atoms with van der Waals surface area (Å²) < 4.78 is 13.2. The first-order valence-corrected chi connectivity index (χ1v) is 18.6. The van der Waals surface area contributed by atoms with Gasteiger partial charge in [0.05, 0.1) is 16.8 Å². The van der Waals surface area contributed by atoms with Crippen molar-refractivity contribution >= 4 is 60.9 Å². The van der Waals surface area contributed by atoms with E-state index in [0.717, 1.165) is 83.2 Å². The van der Waals surface area contributed by atoms with Crippen LogP contribution in [0, 0.1) is 0 Å². The molecule has 0 saturated heterocycles.